The van der Waals surface area contributed by atoms with Crippen molar-refractivity contribution in [2.45, 2.75) is 43.6 Å². The quantitative estimate of drug-likeness (QED) is 0.624. The topological polar surface area (TPSA) is 90.0 Å². The molecule has 5 rings (SSSR count). The molecule has 1 aromatic carbocycles. The maximum Gasteiger partial charge on any atom is 0.208 e. The van der Waals surface area contributed by atoms with Crippen molar-refractivity contribution in [3.8, 4) is 27.4 Å². The van der Waals surface area contributed by atoms with E-state index in [1.54, 1.807) is 18.5 Å². The lowest BCUT2D eigenvalue weighted by atomic mass is 9.97. The number of hydrogen-bond donors (Lipinski definition) is 3. The SMILES string of the molecule is CN(c1nnc(-c2ccc(-c3cn[nH]c3)cc2O)s1)[C@@H]1C[C@H]2CC[C@H](N2)[C@@H]1F. The minimum absolute atomic E-state index is 0.0573. The zero-order valence-electron chi connectivity index (χ0n) is 15.3. The van der Waals surface area contributed by atoms with E-state index in [-0.39, 0.29) is 17.8 Å². The van der Waals surface area contributed by atoms with Crippen LogP contribution in [-0.4, -0.2) is 56.8 Å². The van der Waals surface area contributed by atoms with Crippen LogP contribution < -0.4 is 10.2 Å². The normalized spacial score (nSPS) is 26.5. The van der Waals surface area contributed by atoms with E-state index < -0.39 is 6.17 Å². The number of piperidine rings is 1. The lowest BCUT2D eigenvalue weighted by molar-refractivity contribution is 0.176. The van der Waals surface area contributed by atoms with Crippen molar-refractivity contribution in [1.29, 1.82) is 0 Å². The standard InChI is InChI=1S/C19H21FN6OS/c1-26(15-7-12-3-5-14(23-12)17(15)20)19-25-24-18(28-19)13-4-2-10(6-16(13)27)11-8-21-22-9-11/h2,4,6,8-9,12,14-15,17,23,27H,3,5,7H2,1H3,(H,21,22)/t12-,14+,15-,17+/m1/s1. The first-order valence-electron chi connectivity index (χ1n) is 9.39. The lowest BCUT2D eigenvalue weighted by Gasteiger charge is -2.38. The van der Waals surface area contributed by atoms with Gasteiger partial charge in [0.2, 0.25) is 5.13 Å². The molecule has 7 nitrogen and oxygen atoms in total. The van der Waals surface area contributed by atoms with Crippen LogP contribution in [0.3, 0.4) is 0 Å². The van der Waals surface area contributed by atoms with Gasteiger partial charge in [0, 0.05) is 30.9 Å². The van der Waals surface area contributed by atoms with E-state index in [0.29, 0.717) is 21.7 Å². The van der Waals surface area contributed by atoms with Crippen LogP contribution in [0.15, 0.2) is 30.6 Å². The Morgan fingerprint density at radius 1 is 1.25 bits per heavy atom. The van der Waals surface area contributed by atoms with Crippen LogP contribution >= 0.6 is 11.3 Å². The molecule has 4 atom stereocenters. The Labute approximate surface area is 165 Å². The van der Waals surface area contributed by atoms with E-state index in [1.807, 2.05) is 24.1 Å². The molecule has 2 aliphatic heterocycles. The van der Waals surface area contributed by atoms with Gasteiger partial charge in [-0.2, -0.15) is 5.10 Å². The lowest BCUT2D eigenvalue weighted by Crippen LogP contribution is -2.55. The fraction of sp³-hybridized carbons (Fsp3) is 0.421. The first-order chi connectivity index (χ1) is 13.6. The van der Waals surface area contributed by atoms with Crippen LogP contribution in [-0.2, 0) is 0 Å². The van der Waals surface area contributed by atoms with Crippen molar-refractivity contribution in [3.05, 3.63) is 30.6 Å². The highest BCUT2D eigenvalue weighted by atomic mass is 32.1. The van der Waals surface area contributed by atoms with Crippen LogP contribution in [0.4, 0.5) is 9.52 Å². The van der Waals surface area contributed by atoms with E-state index in [9.17, 15) is 9.50 Å². The van der Waals surface area contributed by atoms with Crippen molar-refractivity contribution in [2.24, 2.45) is 0 Å². The molecule has 4 heterocycles. The maximum atomic E-state index is 14.9. The minimum atomic E-state index is -0.918. The summed E-state index contributed by atoms with van der Waals surface area (Å²) in [5, 5.41) is 30.3. The number of hydrogen-bond acceptors (Lipinski definition) is 7. The van der Waals surface area contributed by atoms with Gasteiger partial charge in [-0.3, -0.25) is 5.10 Å². The van der Waals surface area contributed by atoms with Gasteiger partial charge in [0.1, 0.15) is 11.9 Å². The maximum absolute atomic E-state index is 14.9. The third-order valence-electron chi connectivity index (χ3n) is 5.83. The van der Waals surface area contributed by atoms with Crippen molar-refractivity contribution in [2.75, 3.05) is 11.9 Å². The van der Waals surface area contributed by atoms with Gasteiger partial charge >= 0.3 is 0 Å². The molecule has 0 saturated carbocycles. The molecule has 2 fully saturated rings. The Morgan fingerprint density at radius 3 is 2.93 bits per heavy atom. The van der Waals surface area contributed by atoms with Gasteiger partial charge in [-0.1, -0.05) is 17.4 Å². The van der Waals surface area contributed by atoms with Gasteiger partial charge in [0.25, 0.3) is 0 Å². The molecule has 3 N–H and O–H groups in total. The van der Waals surface area contributed by atoms with Crippen molar-refractivity contribution < 1.29 is 9.50 Å². The monoisotopic (exact) mass is 400 g/mol. The molecule has 2 aromatic heterocycles. The van der Waals surface area contributed by atoms with Crippen molar-refractivity contribution in [3.63, 3.8) is 0 Å². The number of alkyl halides is 1. The average Bonchev–Trinajstić information content (AvgIpc) is 3.45. The van der Waals surface area contributed by atoms with Gasteiger partial charge in [0.05, 0.1) is 17.8 Å². The van der Waals surface area contributed by atoms with Gasteiger partial charge in [-0.05, 0) is 37.0 Å². The summed E-state index contributed by atoms with van der Waals surface area (Å²) in [6.07, 6.45) is 5.26. The second-order valence-corrected chi connectivity index (χ2v) is 8.47. The first kappa shape index (κ1) is 17.6. The van der Waals surface area contributed by atoms with Crippen molar-refractivity contribution >= 4 is 16.5 Å². The molecule has 146 valence electrons. The molecule has 3 aromatic rings. The van der Waals surface area contributed by atoms with E-state index in [2.05, 4.69) is 25.7 Å². The number of aromatic nitrogens is 4. The van der Waals surface area contributed by atoms with Crippen LogP contribution in [0.25, 0.3) is 21.7 Å². The molecule has 28 heavy (non-hydrogen) atoms. The number of phenols is 1. The summed E-state index contributed by atoms with van der Waals surface area (Å²) in [5.74, 6) is 0.132. The summed E-state index contributed by atoms with van der Waals surface area (Å²) >= 11 is 1.37. The Bertz CT molecular complexity index is 977. The zero-order valence-corrected chi connectivity index (χ0v) is 16.2. The Hall–Kier alpha value is -2.52. The highest BCUT2D eigenvalue weighted by Gasteiger charge is 2.44. The summed E-state index contributed by atoms with van der Waals surface area (Å²) < 4.78 is 14.9. The number of benzene rings is 1. The summed E-state index contributed by atoms with van der Waals surface area (Å²) in [7, 11) is 1.88. The minimum Gasteiger partial charge on any atom is -0.507 e. The molecule has 0 aliphatic carbocycles. The van der Waals surface area contributed by atoms with Gasteiger partial charge in [-0.25, -0.2) is 4.39 Å². The molecule has 2 saturated heterocycles. The summed E-state index contributed by atoms with van der Waals surface area (Å²) in [6.45, 7) is 0. The van der Waals surface area contributed by atoms with E-state index in [0.717, 1.165) is 30.4 Å². The van der Waals surface area contributed by atoms with Crippen molar-refractivity contribution in [1.82, 2.24) is 25.7 Å². The smallest absolute Gasteiger partial charge is 0.208 e. The van der Waals surface area contributed by atoms with Crippen LogP contribution in [0.5, 0.6) is 5.75 Å². The van der Waals surface area contributed by atoms with Gasteiger partial charge in [-0.15, -0.1) is 10.2 Å². The summed E-state index contributed by atoms with van der Waals surface area (Å²) in [6, 6.07) is 5.55. The van der Waals surface area contributed by atoms with Gasteiger partial charge in [0.15, 0.2) is 5.01 Å². The van der Waals surface area contributed by atoms with E-state index in [4.69, 9.17) is 0 Å². The van der Waals surface area contributed by atoms with E-state index >= 15 is 0 Å². The largest absolute Gasteiger partial charge is 0.507 e. The Morgan fingerprint density at radius 2 is 2.14 bits per heavy atom. The molecular weight excluding hydrogens is 379 g/mol. The third-order valence-corrected chi connectivity index (χ3v) is 6.87. The third kappa shape index (κ3) is 2.94. The Kier molecular flexibility index (Phi) is 4.28. The first-order valence-corrected chi connectivity index (χ1v) is 10.2. The average molecular weight is 400 g/mol. The number of nitrogens with zero attached hydrogens (tertiary/aromatic N) is 4. The molecular formula is C19H21FN6OS. The highest BCUT2D eigenvalue weighted by Crippen LogP contribution is 2.39. The number of fused-ring (bicyclic) bond motifs is 2. The second-order valence-electron chi connectivity index (χ2n) is 7.51. The number of nitrogens with one attached hydrogen (secondary N) is 2. The molecule has 9 heteroatoms. The number of aromatic amines is 1. The molecule has 2 aliphatic rings. The molecule has 0 spiro atoms. The zero-order chi connectivity index (χ0) is 19.3. The predicted molar refractivity (Wildman–Crippen MR) is 106 cm³/mol. The Balaban J connectivity index is 1.39. The fourth-order valence-corrected chi connectivity index (χ4v) is 5.16. The molecule has 0 radical (unpaired) electrons. The highest BCUT2D eigenvalue weighted by molar-refractivity contribution is 7.18. The summed E-state index contributed by atoms with van der Waals surface area (Å²) in [5.41, 5.74) is 2.38. The summed E-state index contributed by atoms with van der Waals surface area (Å²) in [4.78, 5) is 1.91. The number of anilines is 1. The molecule has 0 unspecified atom stereocenters. The molecule has 2 bridgehead atoms. The van der Waals surface area contributed by atoms with Crippen LogP contribution in [0.2, 0.25) is 0 Å². The number of rotatable bonds is 4. The predicted octanol–water partition coefficient (Wildman–Crippen LogP) is 2.97. The van der Waals surface area contributed by atoms with Gasteiger partial charge < -0.3 is 15.3 Å². The second kappa shape index (κ2) is 6.82. The molecule has 0 amide bonds. The number of phenolic OH excluding ortho intramolecular Hbond substituents is 1. The fourth-order valence-electron chi connectivity index (χ4n) is 4.26. The number of halogens is 1. The van der Waals surface area contributed by atoms with Crippen LogP contribution in [0.1, 0.15) is 19.3 Å². The number of H-pyrrole nitrogens is 1. The number of aromatic hydroxyl groups is 1. The van der Waals surface area contributed by atoms with Crippen LogP contribution in [0, 0.1) is 0 Å². The van der Waals surface area contributed by atoms with E-state index in [1.165, 1.54) is 11.3 Å².